The average Bonchev–Trinajstić information content (AvgIpc) is 2.33. The maximum Gasteiger partial charge on any atom is 0.221 e. The Morgan fingerprint density at radius 2 is 2.06 bits per heavy atom. The zero-order valence-electron chi connectivity index (χ0n) is 9.70. The summed E-state index contributed by atoms with van der Waals surface area (Å²) in [6.45, 7) is 4.30. The van der Waals surface area contributed by atoms with Gasteiger partial charge in [0.05, 0.1) is 0 Å². The second-order valence-corrected chi connectivity index (χ2v) is 3.63. The monoisotopic (exact) mass is 221 g/mol. The predicted octanol–water partition coefficient (Wildman–Crippen LogP) is 1.09. The quantitative estimate of drug-likeness (QED) is 0.678. The molecule has 1 heterocycles. The first-order chi connectivity index (χ1) is 7.83. The highest BCUT2D eigenvalue weighted by Crippen LogP contribution is 1.94. The standard InChI is InChI=1S/C12H19N3O/c1-2-6-15-12(16)5-9-14-10-11-3-7-13-8-4-11/h3-4,7-8,14H,2,5-6,9-10H2,1H3,(H,15,16). The van der Waals surface area contributed by atoms with Crippen molar-refractivity contribution in [3.63, 3.8) is 0 Å². The Morgan fingerprint density at radius 1 is 1.31 bits per heavy atom. The number of pyridine rings is 1. The predicted molar refractivity (Wildman–Crippen MR) is 63.9 cm³/mol. The van der Waals surface area contributed by atoms with Crippen molar-refractivity contribution in [3.05, 3.63) is 30.1 Å². The van der Waals surface area contributed by atoms with Gasteiger partial charge in [0.2, 0.25) is 5.91 Å². The fourth-order valence-electron chi connectivity index (χ4n) is 1.29. The average molecular weight is 221 g/mol. The number of amides is 1. The van der Waals surface area contributed by atoms with Crippen LogP contribution in [0.1, 0.15) is 25.3 Å². The molecule has 0 saturated carbocycles. The fourth-order valence-corrected chi connectivity index (χ4v) is 1.29. The van der Waals surface area contributed by atoms with Gasteiger partial charge in [0.1, 0.15) is 0 Å². The van der Waals surface area contributed by atoms with Crippen LogP contribution >= 0.6 is 0 Å². The molecule has 1 amide bonds. The second-order valence-electron chi connectivity index (χ2n) is 3.63. The highest BCUT2D eigenvalue weighted by Gasteiger charge is 1.98. The van der Waals surface area contributed by atoms with E-state index >= 15 is 0 Å². The van der Waals surface area contributed by atoms with Gasteiger partial charge in [0.25, 0.3) is 0 Å². The van der Waals surface area contributed by atoms with Gasteiger partial charge in [-0.1, -0.05) is 6.92 Å². The van der Waals surface area contributed by atoms with Gasteiger partial charge in [-0.3, -0.25) is 9.78 Å². The Balaban J connectivity index is 2.06. The number of carbonyl (C=O) groups excluding carboxylic acids is 1. The number of hydrogen-bond donors (Lipinski definition) is 2. The van der Waals surface area contributed by atoms with Gasteiger partial charge in [-0.25, -0.2) is 0 Å². The van der Waals surface area contributed by atoms with Crippen LogP contribution in [0, 0.1) is 0 Å². The number of hydrogen-bond acceptors (Lipinski definition) is 3. The summed E-state index contributed by atoms with van der Waals surface area (Å²) in [5.41, 5.74) is 1.18. The SMILES string of the molecule is CCCNC(=O)CCNCc1ccncc1. The van der Waals surface area contributed by atoms with Crippen LogP contribution in [0.5, 0.6) is 0 Å². The van der Waals surface area contributed by atoms with Crippen LogP contribution in [0.15, 0.2) is 24.5 Å². The summed E-state index contributed by atoms with van der Waals surface area (Å²) in [7, 11) is 0. The van der Waals surface area contributed by atoms with Crippen LogP contribution in [0.25, 0.3) is 0 Å². The van der Waals surface area contributed by atoms with Crippen molar-refractivity contribution in [2.24, 2.45) is 0 Å². The first kappa shape index (κ1) is 12.6. The third-order valence-electron chi connectivity index (χ3n) is 2.18. The number of nitrogens with one attached hydrogen (secondary N) is 2. The van der Waals surface area contributed by atoms with Gasteiger partial charge in [0, 0.05) is 38.4 Å². The second kappa shape index (κ2) is 7.82. The third kappa shape index (κ3) is 5.46. The molecule has 16 heavy (non-hydrogen) atoms. The number of carbonyl (C=O) groups is 1. The molecule has 2 N–H and O–H groups in total. The Labute approximate surface area is 96.5 Å². The van der Waals surface area contributed by atoms with Gasteiger partial charge in [-0.05, 0) is 24.1 Å². The zero-order chi connectivity index (χ0) is 11.6. The molecule has 0 aliphatic carbocycles. The molecule has 1 rings (SSSR count). The first-order valence-electron chi connectivity index (χ1n) is 5.69. The highest BCUT2D eigenvalue weighted by molar-refractivity contribution is 5.75. The molecule has 4 nitrogen and oxygen atoms in total. The summed E-state index contributed by atoms with van der Waals surface area (Å²) >= 11 is 0. The van der Waals surface area contributed by atoms with Gasteiger partial charge >= 0.3 is 0 Å². The van der Waals surface area contributed by atoms with E-state index in [1.54, 1.807) is 12.4 Å². The Morgan fingerprint density at radius 3 is 2.75 bits per heavy atom. The molecule has 0 saturated heterocycles. The molecule has 0 aliphatic heterocycles. The summed E-state index contributed by atoms with van der Waals surface area (Å²) in [4.78, 5) is 15.2. The maximum atomic E-state index is 11.3. The molecule has 0 unspecified atom stereocenters. The van der Waals surface area contributed by atoms with Gasteiger partial charge in [-0.15, -0.1) is 0 Å². The molecule has 1 aromatic heterocycles. The van der Waals surface area contributed by atoms with Crippen LogP contribution in [0.2, 0.25) is 0 Å². The molecule has 0 spiro atoms. The Hall–Kier alpha value is -1.42. The normalized spacial score (nSPS) is 10.1. The van der Waals surface area contributed by atoms with E-state index in [0.717, 1.165) is 19.5 Å². The van der Waals surface area contributed by atoms with Crippen molar-refractivity contribution in [2.75, 3.05) is 13.1 Å². The van der Waals surface area contributed by atoms with Gasteiger partial charge < -0.3 is 10.6 Å². The topological polar surface area (TPSA) is 54.0 Å². The van der Waals surface area contributed by atoms with E-state index in [9.17, 15) is 4.79 Å². The maximum absolute atomic E-state index is 11.3. The molecule has 4 heteroatoms. The molecule has 0 aromatic carbocycles. The van der Waals surface area contributed by atoms with E-state index in [4.69, 9.17) is 0 Å². The zero-order valence-corrected chi connectivity index (χ0v) is 9.70. The number of nitrogens with zero attached hydrogens (tertiary/aromatic N) is 1. The summed E-state index contributed by atoms with van der Waals surface area (Å²) in [6.07, 6.45) is 5.05. The van der Waals surface area contributed by atoms with E-state index < -0.39 is 0 Å². The number of rotatable bonds is 7. The van der Waals surface area contributed by atoms with E-state index in [1.807, 2.05) is 19.1 Å². The minimum absolute atomic E-state index is 0.115. The fraction of sp³-hybridized carbons (Fsp3) is 0.500. The van der Waals surface area contributed by atoms with Crippen LogP contribution in [-0.4, -0.2) is 24.0 Å². The van der Waals surface area contributed by atoms with Crippen molar-refractivity contribution in [1.82, 2.24) is 15.6 Å². The highest BCUT2D eigenvalue weighted by atomic mass is 16.1. The lowest BCUT2D eigenvalue weighted by molar-refractivity contribution is -0.120. The lowest BCUT2D eigenvalue weighted by atomic mass is 10.2. The van der Waals surface area contributed by atoms with Crippen molar-refractivity contribution in [2.45, 2.75) is 26.3 Å². The van der Waals surface area contributed by atoms with Gasteiger partial charge in [0.15, 0.2) is 0 Å². The van der Waals surface area contributed by atoms with Crippen molar-refractivity contribution in [3.8, 4) is 0 Å². The molecular weight excluding hydrogens is 202 g/mol. The van der Waals surface area contributed by atoms with Crippen LogP contribution < -0.4 is 10.6 Å². The van der Waals surface area contributed by atoms with Crippen LogP contribution in [-0.2, 0) is 11.3 Å². The molecule has 0 bridgehead atoms. The van der Waals surface area contributed by atoms with E-state index in [2.05, 4.69) is 15.6 Å². The summed E-state index contributed by atoms with van der Waals surface area (Å²) < 4.78 is 0. The Bertz CT molecular complexity index is 300. The Kier molecular flexibility index (Phi) is 6.18. The summed E-state index contributed by atoms with van der Waals surface area (Å²) in [5, 5.41) is 6.06. The van der Waals surface area contributed by atoms with E-state index in [0.29, 0.717) is 13.0 Å². The first-order valence-corrected chi connectivity index (χ1v) is 5.69. The van der Waals surface area contributed by atoms with Crippen molar-refractivity contribution < 1.29 is 4.79 Å². The smallest absolute Gasteiger partial charge is 0.221 e. The minimum atomic E-state index is 0.115. The van der Waals surface area contributed by atoms with E-state index in [-0.39, 0.29) is 5.91 Å². The molecule has 0 atom stereocenters. The molecule has 88 valence electrons. The number of aromatic nitrogens is 1. The molecule has 0 aliphatic rings. The molecule has 0 fully saturated rings. The van der Waals surface area contributed by atoms with Crippen molar-refractivity contribution >= 4 is 5.91 Å². The van der Waals surface area contributed by atoms with Crippen LogP contribution in [0.4, 0.5) is 0 Å². The summed E-state index contributed by atoms with van der Waals surface area (Å²) in [5.74, 6) is 0.115. The third-order valence-corrected chi connectivity index (χ3v) is 2.18. The van der Waals surface area contributed by atoms with Crippen molar-refractivity contribution in [1.29, 1.82) is 0 Å². The molecule has 0 radical (unpaired) electrons. The lowest BCUT2D eigenvalue weighted by Crippen LogP contribution is -2.27. The van der Waals surface area contributed by atoms with Gasteiger partial charge in [-0.2, -0.15) is 0 Å². The minimum Gasteiger partial charge on any atom is -0.356 e. The summed E-state index contributed by atoms with van der Waals surface area (Å²) in [6, 6.07) is 3.92. The lowest BCUT2D eigenvalue weighted by Gasteiger charge is -2.05. The molecule has 1 aromatic rings. The molecular formula is C12H19N3O. The largest absolute Gasteiger partial charge is 0.356 e. The van der Waals surface area contributed by atoms with E-state index in [1.165, 1.54) is 5.56 Å². The van der Waals surface area contributed by atoms with Crippen LogP contribution in [0.3, 0.4) is 0 Å².